The largest absolute Gasteiger partial charge is 0.495 e. The van der Waals surface area contributed by atoms with Crippen molar-refractivity contribution < 1.29 is 9.13 Å². The molecule has 5 rings (SSSR count). The molecule has 0 saturated heterocycles. The van der Waals surface area contributed by atoms with Gasteiger partial charge in [-0.05, 0) is 48.0 Å². The summed E-state index contributed by atoms with van der Waals surface area (Å²) >= 11 is 0. The third-order valence-electron chi connectivity index (χ3n) is 5.26. The number of benzene rings is 3. The van der Waals surface area contributed by atoms with Crippen LogP contribution in [0.5, 0.6) is 5.75 Å². The summed E-state index contributed by atoms with van der Waals surface area (Å²) in [5.41, 5.74) is 10.2. The highest BCUT2D eigenvalue weighted by Crippen LogP contribution is 2.31. The molecule has 2 aromatic heterocycles. The molecule has 0 aliphatic carbocycles. The quantitative estimate of drug-likeness (QED) is 0.392. The van der Waals surface area contributed by atoms with Gasteiger partial charge < -0.3 is 20.4 Å². The molecule has 0 unspecified atom stereocenters. The normalized spacial score (nSPS) is 11.2. The Hall–Kier alpha value is -4.13. The number of nitrogens with one attached hydrogen (secondary N) is 1. The fourth-order valence-corrected chi connectivity index (χ4v) is 3.76. The lowest BCUT2D eigenvalue weighted by Crippen LogP contribution is -1.99. The molecule has 0 atom stereocenters. The minimum absolute atomic E-state index is 0.226. The number of aromatic nitrogens is 3. The van der Waals surface area contributed by atoms with E-state index in [2.05, 4.69) is 25.9 Å². The second kappa shape index (κ2) is 7.60. The maximum atomic E-state index is 13.5. The van der Waals surface area contributed by atoms with Gasteiger partial charge in [-0.1, -0.05) is 12.1 Å². The molecule has 0 saturated carbocycles. The number of hydrogen-bond donors (Lipinski definition) is 2. The van der Waals surface area contributed by atoms with E-state index < -0.39 is 0 Å². The van der Waals surface area contributed by atoms with Crippen molar-refractivity contribution in [3.8, 4) is 5.75 Å². The van der Waals surface area contributed by atoms with E-state index in [9.17, 15) is 4.39 Å². The molecule has 3 aromatic carbocycles. The molecule has 154 valence electrons. The molecule has 0 bridgehead atoms. The average Bonchev–Trinajstić information content (AvgIpc) is 3.16. The number of anilines is 3. The van der Waals surface area contributed by atoms with E-state index in [-0.39, 0.29) is 5.82 Å². The van der Waals surface area contributed by atoms with Crippen molar-refractivity contribution in [2.45, 2.75) is 6.54 Å². The van der Waals surface area contributed by atoms with Crippen molar-refractivity contribution in [2.24, 2.45) is 0 Å². The highest BCUT2D eigenvalue weighted by atomic mass is 19.1. The second-order valence-electron chi connectivity index (χ2n) is 7.31. The van der Waals surface area contributed by atoms with E-state index in [4.69, 9.17) is 10.5 Å². The lowest BCUT2D eigenvalue weighted by atomic mass is 10.2. The number of methoxy groups -OCH3 is 1. The molecule has 0 radical (unpaired) electrons. The summed E-state index contributed by atoms with van der Waals surface area (Å²) < 4.78 is 20.9. The Morgan fingerprint density at radius 1 is 1.06 bits per heavy atom. The van der Waals surface area contributed by atoms with Crippen molar-refractivity contribution in [2.75, 3.05) is 18.2 Å². The summed E-state index contributed by atoms with van der Waals surface area (Å²) in [6.45, 7) is 0.603. The van der Waals surface area contributed by atoms with Crippen LogP contribution in [0.15, 0.2) is 73.2 Å². The molecular formula is C24H20FN5O. The third-order valence-corrected chi connectivity index (χ3v) is 5.26. The molecule has 0 amide bonds. The van der Waals surface area contributed by atoms with Crippen LogP contribution in [0.25, 0.3) is 21.8 Å². The zero-order chi connectivity index (χ0) is 21.4. The van der Waals surface area contributed by atoms with Gasteiger partial charge in [0.2, 0.25) is 0 Å². The lowest BCUT2D eigenvalue weighted by Gasteiger charge is -2.11. The van der Waals surface area contributed by atoms with Crippen molar-refractivity contribution in [1.82, 2.24) is 14.5 Å². The maximum absolute atomic E-state index is 13.5. The van der Waals surface area contributed by atoms with Crippen LogP contribution < -0.4 is 15.8 Å². The van der Waals surface area contributed by atoms with Crippen LogP contribution in [0.2, 0.25) is 0 Å². The van der Waals surface area contributed by atoms with Crippen LogP contribution in [-0.4, -0.2) is 21.6 Å². The summed E-state index contributed by atoms with van der Waals surface area (Å²) in [5, 5.41) is 5.24. The van der Waals surface area contributed by atoms with Crippen LogP contribution in [0.1, 0.15) is 5.56 Å². The van der Waals surface area contributed by atoms with E-state index in [1.807, 2.05) is 36.5 Å². The minimum atomic E-state index is -0.226. The third kappa shape index (κ3) is 3.61. The molecule has 0 fully saturated rings. The molecule has 2 heterocycles. The zero-order valence-corrected chi connectivity index (χ0v) is 16.8. The van der Waals surface area contributed by atoms with Gasteiger partial charge in [-0.25, -0.2) is 14.4 Å². The van der Waals surface area contributed by atoms with Gasteiger partial charge in [0.05, 0.1) is 18.3 Å². The summed E-state index contributed by atoms with van der Waals surface area (Å²) in [6.07, 6.45) is 3.51. The molecule has 0 spiro atoms. The first-order valence-corrected chi connectivity index (χ1v) is 9.79. The van der Waals surface area contributed by atoms with Gasteiger partial charge in [0.15, 0.2) is 0 Å². The van der Waals surface area contributed by atoms with Crippen LogP contribution >= 0.6 is 0 Å². The predicted molar refractivity (Wildman–Crippen MR) is 121 cm³/mol. The Bertz CT molecular complexity index is 1410. The Balaban J connectivity index is 1.46. The van der Waals surface area contributed by atoms with Crippen LogP contribution in [-0.2, 0) is 6.54 Å². The lowest BCUT2D eigenvalue weighted by molar-refractivity contribution is 0.417. The van der Waals surface area contributed by atoms with E-state index >= 15 is 0 Å². The monoisotopic (exact) mass is 413 g/mol. The number of ether oxygens (including phenoxy) is 1. The van der Waals surface area contributed by atoms with Gasteiger partial charge in [-0.3, -0.25) is 0 Å². The van der Waals surface area contributed by atoms with Crippen molar-refractivity contribution in [1.29, 1.82) is 0 Å². The second-order valence-corrected chi connectivity index (χ2v) is 7.31. The van der Waals surface area contributed by atoms with E-state index in [0.717, 1.165) is 33.1 Å². The van der Waals surface area contributed by atoms with Gasteiger partial charge in [0.1, 0.15) is 23.7 Å². The zero-order valence-electron chi connectivity index (χ0n) is 16.8. The predicted octanol–water partition coefficient (Wildman–Crippen LogP) is 5.11. The van der Waals surface area contributed by atoms with Gasteiger partial charge in [-0.2, -0.15) is 0 Å². The highest BCUT2D eigenvalue weighted by Gasteiger charge is 2.10. The molecular weight excluding hydrogens is 393 g/mol. The smallest absolute Gasteiger partial charge is 0.143 e. The van der Waals surface area contributed by atoms with Gasteiger partial charge >= 0.3 is 0 Å². The fraction of sp³-hybridized carbons (Fsp3) is 0.0833. The number of rotatable bonds is 5. The number of nitrogen functional groups attached to an aromatic ring is 1. The standard InChI is InChI=1S/C24H20FN5O/c1-31-23-12-21-19(11-20(23)26)24(28-14-27-21)29-18-5-6-22-16(10-18)7-8-30(22)13-15-3-2-4-17(25)9-15/h2-12,14H,13,26H2,1H3,(H,27,28,29). The van der Waals surface area contributed by atoms with Crippen molar-refractivity contribution >= 4 is 39.0 Å². The Morgan fingerprint density at radius 3 is 2.81 bits per heavy atom. The first-order chi connectivity index (χ1) is 15.1. The van der Waals surface area contributed by atoms with Crippen molar-refractivity contribution in [3.63, 3.8) is 0 Å². The number of nitrogens with two attached hydrogens (primary N) is 1. The van der Waals surface area contributed by atoms with Gasteiger partial charge in [0.25, 0.3) is 0 Å². The van der Waals surface area contributed by atoms with Gasteiger partial charge in [-0.15, -0.1) is 0 Å². The molecule has 7 heteroatoms. The molecule has 0 aliphatic rings. The minimum Gasteiger partial charge on any atom is -0.495 e. The topological polar surface area (TPSA) is 78.0 Å². The maximum Gasteiger partial charge on any atom is 0.143 e. The van der Waals surface area contributed by atoms with Crippen LogP contribution in [0.4, 0.5) is 21.6 Å². The summed E-state index contributed by atoms with van der Waals surface area (Å²) in [4.78, 5) is 8.70. The van der Waals surface area contributed by atoms with E-state index in [0.29, 0.717) is 23.8 Å². The number of fused-ring (bicyclic) bond motifs is 2. The molecule has 5 aromatic rings. The summed E-state index contributed by atoms with van der Waals surface area (Å²) in [6, 6.07) is 18.4. The Kier molecular flexibility index (Phi) is 4.63. The van der Waals surface area contributed by atoms with Gasteiger partial charge in [0, 0.05) is 40.8 Å². The Morgan fingerprint density at radius 2 is 1.97 bits per heavy atom. The van der Waals surface area contributed by atoms with E-state index in [1.165, 1.54) is 12.4 Å². The highest BCUT2D eigenvalue weighted by molar-refractivity contribution is 5.95. The summed E-state index contributed by atoms with van der Waals surface area (Å²) in [7, 11) is 1.58. The number of hydrogen-bond acceptors (Lipinski definition) is 5. The molecule has 3 N–H and O–H groups in total. The van der Waals surface area contributed by atoms with E-state index in [1.54, 1.807) is 25.3 Å². The van der Waals surface area contributed by atoms with Crippen molar-refractivity contribution in [3.05, 3.63) is 84.6 Å². The first-order valence-electron chi connectivity index (χ1n) is 9.79. The summed E-state index contributed by atoms with van der Waals surface area (Å²) in [5.74, 6) is 1.02. The SMILES string of the molecule is COc1cc2ncnc(Nc3ccc4c(ccn4Cc4cccc(F)c4)c3)c2cc1N. The number of nitrogens with zero attached hydrogens (tertiary/aromatic N) is 3. The molecule has 6 nitrogen and oxygen atoms in total. The molecule has 0 aliphatic heterocycles. The Labute approximate surface area is 178 Å². The first kappa shape index (κ1) is 18.9. The van der Waals surface area contributed by atoms with Crippen LogP contribution in [0, 0.1) is 5.82 Å². The average molecular weight is 413 g/mol. The number of halogens is 1. The van der Waals surface area contributed by atoms with Crippen LogP contribution in [0.3, 0.4) is 0 Å². The fourth-order valence-electron chi connectivity index (χ4n) is 3.76. The molecule has 31 heavy (non-hydrogen) atoms.